The Balaban J connectivity index is 3.51. The summed E-state index contributed by atoms with van der Waals surface area (Å²) in [6, 6.07) is 0. The summed E-state index contributed by atoms with van der Waals surface area (Å²) < 4.78 is 0. The topological polar surface area (TPSA) is 12.0 Å². The minimum atomic E-state index is 0.435. The summed E-state index contributed by atoms with van der Waals surface area (Å²) in [7, 11) is 0. The van der Waals surface area contributed by atoms with E-state index in [2.05, 4.69) is 46.9 Å². The molecule has 74 valence electrons. The monoisotopic (exact) mass is 171 g/mol. The summed E-state index contributed by atoms with van der Waals surface area (Å²) in [5.74, 6) is 1.51. The average Bonchev–Trinajstić information content (AvgIpc) is 1.84. The molecule has 0 radical (unpaired) electrons. The lowest BCUT2D eigenvalue weighted by Crippen LogP contribution is -2.31. The van der Waals surface area contributed by atoms with E-state index in [0.717, 1.165) is 24.9 Å². The Morgan fingerprint density at radius 1 is 1.00 bits per heavy atom. The first-order valence-corrected chi connectivity index (χ1v) is 5.04. The van der Waals surface area contributed by atoms with Gasteiger partial charge in [-0.05, 0) is 30.3 Å². The van der Waals surface area contributed by atoms with Crippen LogP contribution in [0.1, 0.15) is 41.5 Å². The van der Waals surface area contributed by atoms with E-state index < -0.39 is 0 Å². The summed E-state index contributed by atoms with van der Waals surface area (Å²) in [4.78, 5) is 0. The average molecular weight is 171 g/mol. The fourth-order valence-electron chi connectivity index (χ4n) is 0.895. The van der Waals surface area contributed by atoms with Crippen LogP contribution in [0.25, 0.3) is 0 Å². The Morgan fingerprint density at radius 3 is 1.83 bits per heavy atom. The Labute approximate surface area is 77.9 Å². The van der Waals surface area contributed by atoms with E-state index in [-0.39, 0.29) is 0 Å². The predicted octanol–water partition coefficient (Wildman–Crippen LogP) is 2.91. The van der Waals surface area contributed by atoms with Gasteiger partial charge in [0.15, 0.2) is 0 Å². The van der Waals surface area contributed by atoms with Crippen LogP contribution in [0, 0.1) is 17.3 Å². The van der Waals surface area contributed by atoms with Gasteiger partial charge in [-0.25, -0.2) is 0 Å². The standard InChI is InChI=1S/C11H25N/c1-9(2)7-12-8-10(3)11(4,5)6/h9-10,12H,7-8H2,1-6H3. The highest BCUT2D eigenvalue weighted by Crippen LogP contribution is 2.24. The lowest BCUT2D eigenvalue weighted by atomic mass is 9.82. The lowest BCUT2D eigenvalue weighted by Gasteiger charge is -2.27. The maximum atomic E-state index is 3.49. The first-order chi connectivity index (χ1) is 5.34. The van der Waals surface area contributed by atoms with Crippen LogP contribution in [0.3, 0.4) is 0 Å². The molecule has 0 aliphatic rings. The molecule has 0 aliphatic heterocycles. The van der Waals surface area contributed by atoms with E-state index >= 15 is 0 Å². The van der Waals surface area contributed by atoms with Crippen LogP contribution in [0.2, 0.25) is 0 Å². The van der Waals surface area contributed by atoms with Crippen molar-refractivity contribution in [2.75, 3.05) is 13.1 Å². The van der Waals surface area contributed by atoms with Crippen LogP contribution in [-0.2, 0) is 0 Å². The van der Waals surface area contributed by atoms with Crippen LogP contribution in [0.15, 0.2) is 0 Å². The Bertz CT molecular complexity index is 111. The zero-order chi connectivity index (χ0) is 9.78. The van der Waals surface area contributed by atoms with E-state index in [4.69, 9.17) is 0 Å². The molecule has 12 heavy (non-hydrogen) atoms. The van der Waals surface area contributed by atoms with Crippen LogP contribution in [-0.4, -0.2) is 13.1 Å². The summed E-state index contributed by atoms with van der Waals surface area (Å²) >= 11 is 0. The molecule has 0 rings (SSSR count). The van der Waals surface area contributed by atoms with Crippen molar-refractivity contribution >= 4 is 0 Å². The smallest absolute Gasteiger partial charge is 0.00180 e. The van der Waals surface area contributed by atoms with E-state index in [1.54, 1.807) is 0 Å². The van der Waals surface area contributed by atoms with Gasteiger partial charge in [0.1, 0.15) is 0 Å². The van der Waals surface area contributed by atoms with Gasteiger partial charge < -0.3 is 5.32 Å². The van der Waals surface area contributed by atoms with Crippen LogP contribution in [0.4, 0.5) is 0 Å². The summed E-state index contributed by atoms with van der Waals surface area (Å²) in [6.07, 6.45) is 0. The van der Waals surface area contributed by atoms with Crippen molar-refractivity contribution in [3.8, 4) is 0 Å². The van der Waals surface area contributed by atoms with Crippen molar-refractivity contribution in [3.63, 3.8) is 0 Å². The van der Waals surface area contributed by atoms with Gasteiger partial charge in [-0.3, -0.25) is 0 Å². The highest BCUT2D eigenvalue weighted by Gasteiger charge is 2.18. The summed E-state index contributed by atoms with van der Waals surface area (Å²) in [5, 5.41) is 3.49. The molecule has 0 aromatic heterocycles. The maximum absolute atomic E-state index is 3.49. The predicted molar refractivity (Wildman–Crippen MR) is 56.3 cm³/mol. The Kier molecular flexibility index (Phi) is 4.84. The molecular formula is C11H25N. The van der Waals surface area contributed by atoms with Gasteiger partial charge in [0.05, 0.1) is 0 Å². The highest BCUT2D eigenvalue weighted by molar-refractivity contribution is 4.71. The molecule has 0 fully saturated rings. The fourth-order valence-corrected chi connectivity index (χ4v) is 0.895. The van der Waals surface area contributed by atoms with E-state index in [9.17, 15) is 0 Å². The second-order valence-corrected chi connectivity index (χ2v) is 5.32. The Hall–Kier alpha value is -0.0400. The van der Waals surface area contributed by atoms with E-state index in [1.165, 1.54) is 0 Å². The van der Waals surface area contributed by atoms with Crippen molar-refractivity contribution in [3.05, 3.63) is 0 Å². The first kappa shape index (κ1) is 12.0. The number of hydrogen-bond acceptors (Lipinski definition) is 1. The molecule has 0 heterocycles. The second-order valence-electron chi connectivity index (χ2n) is 5.32. The largest absolute Gasteiger partial charge is 0.316 e. The molecule has 0 aromatic carbocycles. The SMILES string of the molecule is CC(C)CNCC(C)C(C)(C)C. The fraction of sp³-hybridized carbons (Fsp3) is 1.00. The zero-order valence-corrected chi connectivity index (χ0v) is 9.57. The number of hydrogen-bond donors (Lipinski definition) is 1. The third-order valence-corrected chi connectivity index (χ3v) is 2.48. The lowest BCUT2D eigenvalue weighted by molar-refractivity contribution is 0.250. The van der Waals surface area contributed by atoms with Crippen molar-refractivity contribution in [1.82, 2.24) is 5.32 Å². The minimum Gasteiger partial charge on any atom is -0.316 e. The molecule has 1 unspecified atom stereocenters. The van der Waals surface area contributed by atoms with Crippen molar-refractivity contribution in [1.29, 1.82) is 0 Å². The zero-order valence-electron chi connectivity index (χ0n) is 9.57. The van der Waals surface area contributed by atoms with Gasteiger partial charge in [0.25, 0.3) is 0 Å². The molecule has 0 saturated carbocycles. The minimum absolute atomic E-state index is 0.435. The van der Waals surface area contributed by atoms with Gasteiger partial charge in [0.2, 0.25) is 0 Å². The summed E-state index contributed by atoms with van der Waals surface area (Å²) in [5.41, 5.74) is 0.435. The van der Waals surface area contributed by atoms with E-state index in [1.807, 2.05) is 0 Å². The molecular weight excluding hydrogens is 146 g/mol. The molecule has 0 amide bonds. The second kappa shape index (κ2) is 4.86. The quantitative estimate of drug-likeness (QED) is 0.686. The highest BCUT2D eigenvalue weighted by atomic mass is 14.9. The third kappa shape index (κ3) is 5.59. The van der Waals surface area contributed by atoms with Crippen LogP contribution < -0.4 is 5.32 Å². The van der Waals surface area contributed by atoms with Gasteiger partial charge >= 0.3 is 0 Å². The number of rotatable bonds is 4. The molecule has 0 bridgehead atoms. The normalized spacial score (nSPS) is 15.2. The van der Waals surface area contributed by atoms with Crippen molar-refractivity contribution in [2.45, 2.75) is 41.5 Å². The molecule has 1 N–H and O–H groups in total. The number of nitrogens with one attached hydrogen (secondary N) is 1. The van der Waals surface area contributed by atoms with E-state index in [0.29, 0.717) is 5.41 Å². The maximum Gasteiger partial charge on any atom is -0.00180 e. The van der Waals surface area contributed by atoms with Gasteiger partial charge in [0, 0.05) is 0 Å². The van der Waals surface area contributed by atoms with Crippen LogP contribution in [0.5, 0.6) is 0 Å². The molecule has 1 nitrogen and oxygen atoms in total. The molecule has 0 aromatic rings. The summed E-state index contributed by atoms with van der Waals surface area (Å²) in [6.45, 7) is 16.0. The Morgan fingerprint density at radius 2 is 1.50 bits per heavy atom. The van der Waals surface area contributed by atoms with Crippen LogP contribution >= 0.6 is 0 Å². The molecule has 0 saturated heterocycles. The van der Waals surface area contributed by atoms with Gasteiger partial charge in [-0.15, -0.1) is 0 Å². The first-order valence-electron chi connectivity index (χ1n) is 5.04. The molecule has 1 heteroatoms. The van der Waals surface area contributed by atoms with Crippen molar-refractivity contribution in [2.24, 2.45) is 17.3 Å². The third-order valence-electron chi connectivity index (χ3n) is 2.48. The molecule has 0 aliphatic carbocycles. The van der Waals surface area contributed by atoms with Gasteiger partial charge in [-0.2, -0.15) is 0 Å². The van der Waals surface area contributed by atoms with Crippen molar-refractivity contribution < 1.29 is 0 Å². The molecule has 0 spiro atoms. The van der Waals surface area contributed by atoms with Gasteiger partial charge in [-0.1, -0.05) is 41.5 Å². The molecule has 1 atom stereocenters.